The number of benzene rings is 1. The average Bonchev–Trinajstić information content (AvgIpc) is 2.41. The molecule has 0 saturated heterocycles. The van der Waals surface area contributed by atoms with Crippen LogP contribution in [0, 0.1) is 0 Å². The molecule has 0 aromatic heterocycles. The molecule has 1 aromatic carbocycles. The minimum Gasteiger partial charge on any atom is -0.508 e. The monoisotopic (exact) mass is 291 g/mol. The quantitative estimate of drug-likeness (QED) is 0.845. The van der Waals surface area contributed by atoms with Gasteiger partial charge in [0.2, 0.25) is 0 Å². The number of nitrogens with zero attached hydrogens (tertiary/aromatic N) is 2. The predicted molar refractivity (Wildman–Crippen MR) is 89.1 cm³/mol. The second kappa shape index (κ2) is 6.24. The maximum Gasteiger partial charge on any atom is 0.122 e. The molecule has 4 nitrogen and oxygen atoms in total. The van der Waals surface area contributed by atoms with Gasteiger partial charge >= 0.3 is 0 Å². The minimum atomic E-state index is 0.157. The van der Waals surface area contributed by atoms with Gasteiger partial charge in [-0.3, -0.25) is 0 Å². The molecule has 2 N–H and O–H groups in total. The average molecular weight is 291 g/mol. The molecule has 4 heteroatoms. The van der Waals surface area contributed by atoms with Gasteiger partial charge in [0.1, 0.15) is 5.75 Å². The van der Waals surface area contributed by atoms with Crippen LogP contribution in [0.15, 0.2) is 18.2 Å². The lowest BCUT2D eigenvalue weighted by atomic mass is 9.75. The number of nitrogens with one attached hydrogen (secondary N) is 1. The summed E-state index contributed by atoms with van der Waals surface area (Å²) in [6.07, 6.45) is 3.83. The van der Waals surface area contributed by atoms with Gasteiger partial charge in [0.15, 0.2) is 0 Å². The third-order valence-corrected chi connectivity index (χ3v) is 5.12. The summed E-state index contributed by atoms with van der Waals surface area (Å²) >= 11 is 0. The highest BCUT2D eigenvalue weighted by Gasteiger charge is 2.40. The van der Waals surface area contributed by atoms with E-state index in [1.807, 2.05) is 26.1 Å². The zero-order chi connectivity index (χ0) is 15.6. The van der Waals surface area contributed by atoms with E-state index in [1.165, 1.54) is 19.3 Å². The number of likely N-dealkylation sites (N-methyl/N-ethyl adjacent to an activating group) is 2. The fourth-order valence-electron chi connectivity index (χ4n) is 3.16. The zero-order valence-electron chi connectivity index (χ0n) is 14.0. The molecule has 1 fully saturated rings. The number of aromatic hydroxyl groups is 1. The van der Waals surface area contributed by atoms with Gasteiger partial charge in [-0.2, -0.15) is 0 Å². The van der Waals surface area contributed by atoms with Crippen molar-refractivity contribution in [2.75, 3.05) is 39.6 Å². The van der Waals surface area contributed by atoms with Crippen LogP contribution in [0.2, 0.25) is 0 Å². The second-order valence-corrected chi connectivity index (χ2v) is 6.58. The molecule has 1 saturated carbocycles. The van der Waals surface area contributed by atoms with E-state index >= 15 is 0 Å². The normalized spacial score (nSPS) is 18.4. The Bertz CT molecular complexity index is 483. The molecule has 0 spiro atoms. The van der Waals surface area contributed by atoms with Crippen LogP contribution in [0.3, 0.4) is 0 Å². The van der Waals surface area contributed by atoms with Crippen LogP contribution < -0.4 is 10.2 Å². The van der Waals surface area contributed by atoms with Crippen molar-refractivity contribution in [1.82, 2.24) is 10.2 Å². The molecule has 1 aromatic rings. The first-order valence-corrected chi connectivity index (χ1v) is 7.78. The molecule has 0 aliphatic heterocycles. The number of phenols is 1. The number of hydrogen-bond acceptors (Lipinski definition) is 4. The number of phenolic OH excluding ortho intramolecular Hbond substituents is 1. The van der Waals surface area contributed by atoms with Gasteiger partial charge in [-0.25, -0.2) is 0 Å². The highest BCUT2D eigenvalue weighted by Crippen LogP contribution is 2.38. The predicted octanol–water partition coefficient (Wildman–Crippen LogP) is 2.59. The summed E-state index contributed by atoms with van der Waals surface area (Å²) in [6, 6.07) is 6.16. The Hall–Kier alpha value is -1.26. The van der Waals surface area contributed by atoms with E-state index in [0.29, 0.717) is 11.3 Å². The zero-order valence-corrected chi connectivity index (χ0v) is 14.0. The van der Waals surface area contributed by atoms with E-state index in [0.717, 1.165) is 17.8 Å². The van der Waals surface area contributed by atoms with Gasteiger partial charge in [0.05, 0.1) is 0 Å². The van der Waals surface area contributed by atoms with Crippen molar-refractivity contribution in [2.24, 2.45) is 0 Å². The van der Waals surface area contributed by atoms with Crippen LogP contribution in [0.5, 0.6) is 5.75 Å². The number of anilines is 1. The first kappa shape index (κ1) is 16.1. The van der Waals surface area contributed by atoms with E-state index < -0.39 is 0 Å². The number of hydrogen-bond donors (Lipinski definition) is 2. The van der Waals surface area contributed by atoms with Gasteiger partial charge in [0.25, 0.3) is 0 Å². The molecular weight excluding hydrogens is 262 g/mol. The van der Waals surface area contributed by atoms with Crippen LogP contribution in [0.4, 0.5) is 5.69 Å². The van der Waals surface area contributed by atoms with Crippen molar-refractivity contribution in [3.05, 3.63) is 23.8 Å². The Kier molecular flexibility index (Phi) is 4.79. The maximum absolute atomic E-state index is 10.2. The summed E-state index contributed by atoms with van der Waals surface area (Å²) in [6.45, 7) is 3.05. The highest BCUT2D eigenvalue weighted by molar-refractivity contribution is 5.54. The van der Waals surface area contributed by atoms with Gasteiger partial charge in [-0.15, -0.1) is 0 Å². The van der Waals surface area contributed by atoms with E-state index in [4.69, 9.17) is 0 Å². The molecule has 1 atom stereocenters. The second-order valence-electron chi connectivity index (χ2n) is 6.58. The summed E-state index contributed by atoms with van der Waals surface area (Å²) in [4.78, 5) is 4.61. The van der Waals surface area contributed by atoms with Gasteiger partial charge < -0.3 is 20.2 Å². The van der Waals surface area contributed by atoms with Crippen molar-refractivity contribution in [2.45, 2.75) is 37.8 Å². The SMILES string of the molecule is CNC(C)c1ccc(N(C)CC2(N(C)C)CCC2)cc1O. The molecule has 118 valence electrons. The van der Waals surface area contributed by atoms with Crippen LogP contribution in [0.1, 0.15) is 37.8 Å². The van der Waals surface area contributed by atoms with E-state index in [2.05, 4.69) is 42.3 Å². The Balaban J connectivity index is 2.13. The van der Waals surface area contributed by atoms with E-state index in [9.17, 15) is 5.11 Å². The van der Waals surface area contributed by atoms with E-state index in [-0.39, 0.29) is 6.04 Å². The lowest BCUT2D eigenvalue weighted by Crippen LogP contribution is -2.56. The highest BCUT2D eigenvalue weighted by atomic mass is 16.3. The summed E-state index contributed by atoms with van der Waals surface area (Å²) in [5.74, 6) is 0.369. The molecule has 0 amide bonds. The first-order valence-electron chi connectivity index (χ1n) is 7.78. The molecule has 1 unspecified atom stereocenters. The Morgan fingerprint density at radius 1 is 1.29 bits per heavy atom. The first-order chi connectivity index (χ1) is 9.89. The third kappa shape index (κ3) is 3.16. The molecular formula is C17H29N3O. The standard InChI is InChI=1S/C17H29N3O/c1-13(18-2)15-8-7-14(11-16(15)21)20(5)12-17(19(3)4)9-6-10-17/h7-8,11,13,18,21H,6,9-10,12H2,1-5H3. The van der Waals surface area contributed by atoms with Crippen molar-refractivity contribution in [3.63, 3.8) is 0 Å². The fourth-order valence-corrected chi connectivity index (χ4v) is 3.16. The maximum atomic E-state index is 10.2. The Morgan fingerprint density at radius 3 is 2.38 bits per heavy atom. The Labute approximate surface area is 128 Å². The van der Waals surface area contributed by atoms with Crippen molar-refractivity contribution in [3.8, 4) is 5.75 Å². The molecule has 21 heavy (non-hydrogen) atoms. The lowest BCUT2D eigenvalue weighted by molar-refractivity contribution is 0.0683. The van der Waals surface area contributed by atoms with Crippen LogP contribution in [-0.4, -0.2) is 50.3 Å². The summed E-state index contributed by atoms with van der Waals surface area (Å²) in [5, 5.41) is 13.4. The van der Waals surface area contributed by atoms with Gasteiger partial charge in [-0.05, 0) is 53.4 Å². The topological polar surface area (TPSA) is 38.7 Å². The minimum absolute atomic E-state index is 0.157. The Morgan fingerprint density at radius 2 is 1.95 bits per heavy atom. The van der Waals surface area contributed by atoms with Gasteiger partial charge in [-0.1, -0.05) is 6.07 Å². The summed E-state index contributed by atoms with van der Waals surface area (Å²) in [7, 11) is 8.35. The van der Waals surface area contributed by atoms with Crippen LogP contribution in [-0.2, 0) is 0 Å². The number of rotatable bonds is 6. The lowest BCUT2D eigenvalue weighted by Gasteiger charge is -2.49. The summed E-state index contributed by atoms with van der Waals surface area (Å²) < 4.78 is 0. The largest absolute Gasteiger partial charge is 0.508 e. The molecule has 2 rings (SSSR count). The van der Waals surface area contributed by atoms with Crippen LogP contribution >= 0.6 is 0 Å². The molecule has 0 bridgehead atoms. The van der Waals surface area contributed by atoms with Crippen molar-refractivity contribution >= 4 is 5.69 Å². The fraction of sp³-hybridized carbons (Fsp3) is 0.647. The van der Waals surface area contributed by atoms with Crippen molar-refractivity contribution in [1.29, 1.82) is 0 Å². The third-order valence-electron chi connectivity index (χ3n) is 5.12. The molecule has 1 aliphatic carbocycles. The molecule has 0 radical (unpaired) electrons. The smallest absolute Gasteiger partial charge is 0.122 e. The molecule has 1 aliphatic rings. The molecule has 0 heterocycles. The van der Waals surface area contributed by atoms with Gasteiger partial charge in [0, 0.05) is 42.5 Å². The van der Waals surface area contributed by atoms with Crippen LogP contribution in [0.25, 0.3) is 0 Å². The van der Waals surface area contributed by atoms with E-state index in [1.54, 1.807) is 0 Å². The van der Waals surface area contributed by atoms with Crippen molar-refractivity contribution < 1.29 is 5.11 Å². The summed E-state index contributed by atoms with van der Waals surface area (Å²) in [5.41, 5.74) is 2.31.